The summed E-state index contributed by atoms with van der Waals surface area (Å²) in [6.45, 7) is 0.364. The quantitative estimate of drug-likeness (QED) is 0.555. The van der Waals surface area contributed by atoms with E-state index in [9.17, 15) is 9.59 Å². The van der Waals surface area contributed by atoms with Crippen LogP contribution >= 0.6 is 0 Å². The minimum Gasteiger partial charge on any atom is -0.480 e. The first-order valence-electron chi connectivity index (χ1n) is 4.54. The Morgan fingerprint density at radius 3 is 2.93 bits per heavy atom. The van der Waals surface area contributed by atoms with Crippen LogP contribution in [0.4, 0.5) is 0 Å². The number of hydrogen-bond donors (Lipinski definition) is 2. The second kappa shape index (κ2) is 3.21. The van der Waals surface area contributed by atoms with Gasteiger partial charge in [-0.3, -0.25) is 9.69 Å². The van der Waals surface area contributed by atoms with E-state index in [2.05, 4.69) is 0 Å². The number of nitrogens with zero attached hydrogens (tertiary/aromatic N) is 1. The van der Waals surface area contributed by atoms with Crippen molar-refractivity contribution in [2.45, 2.75) is 31.2 Å². The van der Waals surface area contributed by atoms with Gasteiger partial charge < -0.3 is 15.6 Å². The fraction of sp³-hybridized carbons (Fsp3) is 0.750. The molecular weight excluding hydrogens is 188 g/mol. The summed E-state index contributed by atoms with van der Waals surface area (Å²) in [4.78, 5) is 23.3. The van der Waals surface area contributed by atoms with E-state index in [1.165, 1.54) is 4.90 Å². The Morgan fingerprint density at radius 1 is 1.71 bits per heavy atom. The van der Waals surface area contributed by atoms with Gasteiger partial charge >= 0.3 is 5.97 Å². The summed E-state index contributed by atoms with van der Waals surface area (Å²) >= 11 is 0. The third-order valence-corrected chi connectivity index (χ3v) is 2.64. The van der Waals surface area contributed by atoms with Gasteiger partial charge in [0.25, 0.3) is 0 Å². The number of carboxylic acids is 1. The minimum absolute atomic E-state index is 0.151. The molecule has 2 heterocycles. The molecule has 2 aliphatic rings. The maximum Gasteiger partial charge on any atom is 0.329 e. The topological polar surface area (TPSA) is 92.9 Å². The molecule has 2 fully saturated rings. The third-order valence-electron chi connectivity index (χ3n) is 2.64. The van der Waals surface area contributed by atoms with E-state index in [-0.39, 0.29) is 12.1 Å². The SMILES string of the molecule is NCC[C@H]1O[C@H]2CC(=O)N2[C@@H]1C(=O)O. The number of nitrogens with two attached hydrogens (primary N) is 1. The highest BCUT2D eigenvalue weighted by atomic mass is 16.5. The fourth-order valence-corrected chi connectivity index (χ4v) is 1.97. The Balaban J connectivity index is 2.13. The Bertz CT molecular complexity index is 281. The number of β-lactam (4-membered cyclic amide) rings is 1. The largest absolute Gasteiger partial charge is 0.480 e. The molecule has 2 rings (SSSR count). The Morgan fingerprint density at radius 2 is 2.43 bits per heavy atom. The second-order valence-electron chi connectivity index (χ2n) is 3.49. The summed E-state index contributed by atoms with van der Waals surface area (Å²) in [7, 11) is 0. The smallest absolute Gasteiger partial charge is 0.329 e. The molecule has 2 saturated heterocycles. The summed E-state index contributed by atoms with van der Waals surface area (Å²) in [5, 5.41) is 8.94. The van der Waals surface area contributed by atoms with E-state index in [1.54, 1.807) is 0 Å². The Kier molecular flexibility index (Phi) is 2.16. The van der Waals surface area contributed by atoms with Gasteiger partial charge in [-0.1, -0.05) is 0 Å². The summed E-state index contributed by atoms with van der Waals surface area (Å²) in [6, 6.07) is -0.843. The molecule has 0 bridgehead atoms. The molecule has 3 atom stereocenters. The molecule has 0 spiro atoms. The highest BCUT2D eigenvalue weighted by Crippen LogP contribution is 2.35. The molecule has 0 radical (unpaired) electrons. The van der Waals surface area contributed by atoms with E-state index in [0.717, 1.165) is 0 Å². The van der Waals surface area contributed by atoms with Crippen LogP contribution in [0.3, 0.4) is 0 Å². The maximum absolute atomic E-state index is 11.1. The van der Waals surface area contributed by atoms with Gasteiger partial charge in [0.05, 0.1) is 12.5 Å². The van der Waals surface area contributed by atoms with Crippen molar-refractivity contribution in [3.63, 3.8) is 0 Å². The van der Waals surface area contributed by atoms with Crippen LogP contribution in [0.5, 0.6) is 0 Å². The summed E-state index contributed by atoms with van der Waals surface area (Å²) in [6.07, 6.45) is -0.0173. The van der Waals surface area contributed by atoms with Crippen molar-refractivity contribution in [2.75, 3.05) is 6.54 Å². The van der Waals surface area contributed by atoms with Crippen LogP contribution < -0.4 is 5.73 Å². The van der Waals surface area contributed by atoms with E-state index < -0.39 is 18.1 Å². The zero-order chi connectivity index (χ0) is 10.3. The highest BCUT2D eigenvalue weighted by molar-refractivity contribution is 5.89. The van der Waals surface area contributed by atoms with Crippen LogP contribution in [-0.4, -0.2) is 46.8 Å². The van der Waals surface area contributed by atoms with Crippen LogP contribution in [0.15, 0.2) is 0 Å². The number of rotatable bonds is 3. The third kappa shape index (κ3) is 1.18. The van der Waals surface area contributed by atoms with Crippen molar-refractivity contribution in [3.8, 4) is 0 Å². The van der Waals surface area contributed by atoms with Crippen molar-refractivity contribution in [3.05, 3.63) is 0 Å². The van der Waals surface area contributed by atoms with Crippen LogP contribution in [0.1, 0.15) is 12.8 Å². The van der Waals surface area contributed by atoms with E-state index in [4.69, 9.17) is 15.6 Å². The molecule has 0 unspecified atom stereocenters. The molecule has 0 aromatic carbocycles. The van der Waals surface area contributed by atoms with Gasteiger partial charge in [0.2, 0.25) is 5.91 Å². The van der Waals surface area contributed by atoms with Crippen molar-refractivity contribution in [1.29, 1.82) is 0 Å². The fourth-order valence-electron chi connectivity index (χ4n) is 1.97. The summed E-state index contributed by atoms with van der Waals surface area (Å²) in [5.74, 6) is -1.17. The molecule has 1 amide bonds. The molecular formula is C8H12N2O4. The number of carboxylic acid groups (broad SMARTS) is 1. The molecule has 2 aliphatic heterocycles. The van der Waals surface area contributed by atoms with Gasteiger partial charge in [0.15, 0.2) is 6.04 Å². The van der Waals surface area contributed by atoms with Crippen molar-refractivity contribution in [2.24, 2.45) is 5.73 Å². The van der Waals surface area contributed by atoms with Crippen molar-refractivity contribution in [1.82, 2.24) is 4.90 Å². The lowest BCUT2D eigenvalue weighted by Crippen LogP contribution is -2.55. The molecule has 0 saturated carbocycles. The normalized spacial score (nSPS) is 35.4. The lowest BCUT2D eigenvalue weighted by Gasteiger charge is -2.34. The first-order chi connectivity index (χ1) is 6.65. The molecule has 0 aliphatic carbocycles. The molecule has 3 N–H and O–H groups in total. The van der Waals surface area contributed by atoms with Crippen LogP contribution in [0.2, 0.25) is 0 Å². The van der Waals surface area contributed by atoms with E-state index in [0.29, 0.717) is 19.4 Å². The average Bonchev–Trinajstić information content (AvgIpc) is 2.39. The molecule has 0 aromatic rings. The highest BCUT2D eigenvalue weighted by Gasteiger charge is 2.54. The maximum atomic E-state index is 11.1. The number of carbonyl (C=O) groups excluding carboxylic acids is 1. The van der Waals surface area contributed by atoms with Gasteiger partial charge in [-0.15, -0.1) is 0 Å². The monoisotopic (exact) mass is 200 g/mol. The lowest BCUT2D eigenvalue weighted by atomic mass is 10.0. The minimum atomic E-state index is -1.01. The molecule has 14 heavy (non-hydrogen) atoms. The average molecular weight is 200 g/mol. The van der Waals surface area contributed by atoms with Gasteiger partial charge in [-0.2, -0.15) is 0 Å². The first-order valence-corrected chi connectivity index (χ1v) is 4.54. The summed E-state index contributed by atoms with van der Waals surface area (Å²) in [5.41, 5.74) is 5.34. The van der Waals surface area contributed by atoms with Gasteiger partial charge in [0.1, 0.15) is 6.23 Å². The number of amides is 1. The van der Waals surface area contributed by atoms with Crippen molar-refractivity contribution >= 4 is 11.9 Å². The van der Waals surface area contributed by atoms with Crippen LogP contribution in [0.25, 0.3) is 0 Å². The summed E-state index contributed by atoms with van der Waals surface area (Å²) < 4.78 is 5.39. The molecule has 6 nitrogen and oxygen atoms in total. The van der Waals surface area contributed by atoms with Crippen molar-refractivity contribution < 1.29 is 19.4 Å². The number of carbonyl (C=O) groups is 2. The zero-order valence-corrected chi connectivity index (χ0v) is 7.55. The number of aliphatic carboxylic acids is 1. The van der Waals surface area contributed by atoms with E-state index >= 15 is 0 Å². The Hall–Kier alpha value is -1.14. The standard InChI is InChI=1S/C8H12N2O4/c9-2-1-4-7(8(12)13)10-5(11)3-6(10)14-4/h4,6-7H,1-3,9H2,(H,12,13)/t4-,6+,7+/m1/s1. The van der Waals surface area contributed by atoms with Gasteiger partial charge in [-0.05, 0) is 13.0 Å². The number of ether oxygens (including phenoxy) is 1. The number of fused-ring (bicyclic) bond motifs is 1. The predicted octanol–water partition coefficient (Wildman–Crippen LogP) is -1.25. The zero-order valence-electron chi connectivity index (χ0n) is 7.55. The molecule has 6 heteroatoms. The van der Waals surface area contributed by atoms with Gasteiger partial charge in [-0.25, -0.2) is 4.79 Å². The van der Waals surface area contributed by atoms with Crippen LogP contribution in [0, 0.1) is 0 Å². The lowest BCUT2D eigenvalue weighted by molar-refractivity contribution is -0.163. The molecule has 0 aromatic heterocycles. The van der Waals surface area contributed by atoms with Gasteiger partial charge in [0, 0.05) is 0 Å². The molecule has 78 valence electrons. The van der Waals surface area contributed by atoms with Crippen LogP contribution in [-0.2, 0) is 14.3 Å². The first kappa shape index (κ1) is 9.42. The predicted molar refractivity (Wildman–Crippen MR) is 45.2 cm³/mol. The second-order valence-corrected chi connectivity index (χ2v) is 3.49. The van der Waals surface area contributed by atoms with E-state index in [1.807, 2.05) is 0 Å². The Labute approximate surface area is 80.6 Å². The number of hydrogen-bond acceptors (Lipinski definition) is 4.